The Hall–Kier alpha value is -0.920. The van der Waals surface area contributed by atoms with Gasteiger partial charge in [0.05, 0.1) is 5.92 Å². The average molecular weight is 302 g/mol. The van der Waals surface area contributed by atoms with Crippen LogP contribution < -0.4 is 11.1 Å². The van der Waals surface area contributed by atoms with Crippen molar-refractivity contribution in [3.05, 3.63) is 0 Å². The molecule has 1 fully saturated rings. The zero-order valence-electron chi connectivity index (χ0n) is 11.7. The van der Waals surface area contributed by atoms with Gasteiger partial charge in [0.1, 0.15) is 6.04 Å². The van der Waals surface area contributed by atoms with Gasteiger partial charge >= 0.3 is 11.9 Å². The quantitative estimate of drug-likeness (QED) is 0.520. The largest absolute Gasteiger partial charge is 0.392 e. The first kappa shape index (κ1) is 17.1. The number of hydrogen-bond donors (Lipinski definition) is 2. The van der Waals surface area contributed by atoms with E-state index in [1.165, 1.54) is 6.92 Å². The lowest BCUT2D eigenvalue weighted by Crippen LogP contribution is -2.35. The first-order valence-electron chi connectivity index (χ1n) is 6.87. The summed E-state index contributed by atoms with van der Waals surface area (Å²) in [6.07, 6.45) is 2.79. The third-order valence-electron chi connectivity index (χ3n) is 3.12. The topological polar surface area (TPSA) is 98.5 Å². The number of ether oxygens (including phenoxy) is 1. The van der Waals surface area contributed by atoms with E-state index in [2.05, 4.69) is 5.32 Å². The molecule has 0 aliphatic carbocycles. The fourth-order valence-corrected chi connectivity index (χ4v) is 2.73. The molecule has 0 saturated carbocycles. The highest BCUT2D eigenvalue weighted by Crippen LogP contribution is 2.17. The van der Waals surface area contributed by atoms with Crippen LogP contribution in [0.4, 0.5) is 0 Å². The molecule has 1 saturated heterocycles. The van der Waals surface area contributed by atoms with Crippen molar-refractivity contribution in [2.24, 2.45) is 11.7 Å². The van der Waals surface area contributed by atoms with E-state index in [0.29, 0.717) is 31.6 Å². The highest BCUT2D eigenvalue weighted by Gasteiger charge is 2.29. The number of carbonyl (C=O) groups excluding carboxylic acids is 3. The fraction of sp³-hybridized carbons (Fsp3) is 0.769. The second-order valence-corrected chi connectivity index (χ2v) is 6.02. The Morgan fingerprint density at radius 2 is 2.20 bits per heavy atom. The Kier molecular flexibility index (Phi) is 7.79. The van der Waals surface area contributed by atoms with Crippen LogP contribution in [0.5, 0.6) is 0 Å². The van der Waals surface area contributed by atoms with Crippen molar-refractivity contribution < 1.29 is 19.1 Å². The van der Waals surface area contributed by atoms with Crippen molar-refractivity contribution in [3.8, 4) is 0 Å². The predicted octanol–water partition coefficient (Wildman–Crippen LogP) is 0.443. The van der Waals surface area contributed by atoms with E-state index in [0.717, 1.165) is 24.7 Å². The second-order valence-electron chi connectivity index (χ2n) is 4.82. The summed E-state index contributed by atoms with van der Waals surface area (Å²) in [5.41, 5.74) is 5.43. The van der Waals surface area contributed by atoms with Crippen LogP contribution in [0.15, 0.2) is 0 Å². The summed E-state index contributed by atoms with van der Waals surface area (Å²) in [6.45, 7) is 2.68. The van der Waals surface area contributed by atoms with Gasteiger partial charge in [0.15, 0.2) is 5.12 Å². The molecule has 3 N–H and O–H groups in total. The van der Waals surface area contributed by atoms with Crippen LogP contribution in [0.25, 0.3) is 0 Å². The molecule has 0 aromatic heterocycles. The van der Waals surface area contributed by atoms with Crippen LogP contribution in [0.2, 0.25) is 0 Å². The molecule has 2 atom stereocenters. The number of carbonyl (C=O) groups is 3. The fourth-order valence-electron chi connectivity index (χ4n) is 1.99. The molecule has 20 heavy (non-hydrogen) atoms. The van der Waals surface area contributed by atoms with E-state index in [1.807, 2.05) is 0 Å². The zero-order chi connectivity index (χ0) is 15.0. The number of hydrogen-bond acceptors (Lipinski definition) is 7. The summed E-state index contributed by atoms with van der Waals surface area (Å²) in [6, 6.07) is -0.380. The summed E-state index contributed by atoms with van der Waals surface area (Å²) in [5, 5.41) is 2.93. The minimum Gasteiger partial charge on any atom is -0.392 e. The second kappa shape index (κ2) is 9.10. The van der Waals surface area contributed by atoms with E-state index >= 15 is 0 Å². The van der Waals surface area contributed by atoms with Crippen LogP contribution in [-0.2, 0) is 19.1 Å². The molecular weight excluding hydrogens is 280 g/mol. The van der Waals surface area contributed by atoms with Crippen LogP contribution in [0.3, 0.4) is 0 Å². The lowest BCUT2D eigenvalue weighted by atomic mass is 10.1. The Morgan fingerprint density at radius 3 is 2.75 bits per heavy atom. The lowest BCUT2D eigenvalue weighted by molar-refractivity contribution is -0.163. The van der Waals surface area contributed by atoms with E-state index in [9.17, 15) is 14.4 Å². The molecular formula is C13H22N2O4S. The highest BCUT2D eigenvalue weighted by atomic mass is 32.2. The number of nitrogens with two attached hydrogens (primary N) is 1. The maximum atomic E-state index is 12.0. The third-order valence-corrected chi connectivity index (χ3v) is 4.10. The maximum absolute atomic E-state index is 12.0. The van der Waals surface area contributed by atoms with E-state index < -0.39 is 17.9 Å². The minimum absolute atomic E-state index is 0.0562. The summed E-state index contributed by atoms with van der Waals surface area (Å²) in [7, 11) is 0. The molecule has 0 radical (unpaired) electrons. The molecule has 0 bridgehead atoms. The maximum Gasteiger partial charge on any atom is 0.330 e. The zero-order valence-corrected chi connectivity index (χ0v) is 12.5. The highest BCUT2D eigenvalue weighted by molar-refractivity contribution is 8.13. The molecule has 0 spiro atoms. The summed E-state index contributed by atoms with van der Waals surface area (Å²) in [4.78, 5) is 34.7. The lowest BCUT2D eigenvalue weighted by Gasteiger charge is -2.15. The summed E-state index contributed by atoms with van der Waals surface area (Å²) in [5.74, 6) is -1.19. The molecule has 1 unspecified atom stereocenters. The Bertz CT molecular complexity index is 356. The van der Waals surface area contributed by atoms with Gasteiger partial charge in [-0.25, -0.2) is 4.79 Å². The van der Waals surface area contributed by atoms with Crippen molar-refractivity contribution in [2.75, 3.05) is 18.8 Å². The van der Waals surface area contributed by atoms with Crippen LogP contribution in [0, 0.1) is 5.92 Å². The van der Waals surface area contributed by atoms with Gasteiger partial charge in [0, 0.05) is 12.7 Å². The van der Waals surface area contributed by atoms with Crippen molar-refractivity contribution in [3.63, 3.8) is 0 Å². The number of thioether (sulfide) groups is 1. The van der Waals surface area contributed by atoms with Crippen LogP contribution >= 0.6 is 11.8 Å². The number of nitrogens with one attached hydrogen (secondary N) is 1. The number of rotatable bonds is 7. The Morgan fingerprint density at radius 1 is 1.45 bits per heavy atom. The first-order valence-corrected chi connectivity index (χ1v) is 7.85. The van der Waals surface area contributed by atoms with Crippen LogP contribution in [0.1, 0.15) is 32.6 Å². The minimum atomic E-state index is -0.550. The Labute approximate surface area is 123 Å². The van der Waals surface area contributed by atoms with Gasteiger partial charge in [-0.3, -0.25) is 9.59 Å². The molecule has 7 heteroatoms. The van der Waals surface area contributed by atoms with Crippen LogP contribution in [-0.4, -0.2) is 41.9 Å². The monoisotopic (exact) mass is 302 g/mol. The van der Waals surface area contributed by atoms with Gasteiger partial charge in [0.2, 0.25) is 0 Å². The molecule has 114 valence electrons. The molecule has 0 aromatic carbocycles. The van der Waals surface area contributed by atoms with Gasteiger partial charge in [-0.05, 0) is 38.8 Å². The van der Waals surface area contributed by atoms with Gasteiger partial charge in [-0.15, -0.1) is 0 Å². The molecule has 6 nitrogen and oxygen atoms in total. The smallest absolute Gasteiger partial charge is 0.330 e. The van der Waals surface area contributed by atoms with Gasteiger partial charge in [-0.2, -0.15) is 0 Å². The summed E-state index contributed by atoms with van der Waals surface area (Å²) < 4.78 is 4.92. The van der Waals surface area contributed by atoms with E-state index in [4.69, 9.17) is 10.5 Å². The first-order chi connectivity index (χ1) is 9.54. The standard InChI is InChI=1S/C13H22N2O4S/c1-9(16)20-8-10(4-2-6-14)12(17)19-13(18)11-5-3-7-15-11/h10-11,15H,2-8,14H2,1H3/t10?,11-/m0/s1. The third kappa shape index (κ3) is 6.02. The predicted molar refractivity (Wildman–Crippen MR) is 77.0 cm³/mol. The number of esters is 2. The normalized spacial score (nSPS) is 19.6. The van der Waals surface area contributed by atoms with Gasteiger partial charge in [-0.1, -0.05) is 11.8 Å². The molecule has 1 heterocycles. The van der Waals surface area contributed by atoms with Crippen molar-refractivity contribution in [2.45, 2.75) is 38.6 Å². The van der Waals surface area contributed by atoms with E-state index in [-0.39, 0.29) is 11.2 Å². The van der Waals surface area contributed by atoms with Gasteiger partial charge in [0.25, 0.3) is 0 Å². The average Bonchev–Trinajstić information content (AvgIpc) is 2.92. The Balaban J connectivity index is 2.47. The van der Waals surface area contributed by atoms with Crippen molar-refractivity contribution in [1.82, 2.24) is 5.32 Å². The SMILES string of the molecule is CC(=O)SCC(CCCN)C(=O)OC(=O)[C@@H]1CCCN1. The van der Waals surface area contributed by atoms with Gasteiger partial charge < -0.3 is 15.8 Å². The summed E-state index contributed by atoms with van der Waals surface area (Å²) >= 11 is 1.07. The van der Waals surface area contributed by atoms with Crippen molar-refractivity contribution >= 4 is 28.8 Å². The van der Waals surface area contributed by atoms with E-state index in [1.54, 1.807) is 0 Å². The molecule has 1 aliphatic heterocycles. The molecule has 0 amide bonds. The van der Waals surface area contributed by atoms with Crippen molar-refractivity contribution in [1.29, 1.82) is 0 Å². The molecule has 0 aromatic rings. The molecule has 1 rings (SSSR count). The molecule has 1 aliphatic rings.